The van der Waals surface area contributed by atoms with Crippen LogP contribution in [0.2, 0.25) is 0 Å². The van der Waals surface area contributed by atoms with Gasteiger partial charge in [0.2, 0.25) is 0 Å². The minimum absolute atomic E-state index is 0.0518. The average Bonchev–Trinajstić information content (AvgIpc) is 3.63. The molecule has 1 nitrogen and oxygen atoms in total. The fraction of sp³-hybridized carbons (Fsp3) is 0.115. The first kappa shape index (κ1) is 38.9. The van der Waals surface area contributed by atoms with Crippen molar-refractivity contribution in [2.45, 2.75) is 44.6 Å². The van der Waals surface area contributed by atoms with Crippen molar-refractivity contribution in [2.75, 3.05) is 4.90 Å². The Morgan fingerprint density at radius 2 is 0.984 bits per heavy atom. The van der Waals surface area contributed by atoms with Crippen LogP contribution in [-0.4, -0.2) is 6.04 Å². The molecule has 0 amide bonds. The van der Waals surface area contributed by atoms with Crippen LogP contribution in [0.4, 0.5) is 11.4 Å². The van der Waals surface area contributed by atoms with E-state index in [1.54, 1.807) is 0 Å². The molecule has 0 aromatic heterocycles. The molecule has 1 heteroatoms. The van der Waals surface area contributed by atoms with Crippen molar-refractivity contribution >= 4 is 23.5 Å². The lowest BCUT2D eigenvalue weighted by Crippen LogP contribution is -2.30. The summed E-state index contributed by atoms with van der Waals surface area (Å²) in [6.45, 7) is 4.73. The van der Waals surface area contributed by atoms with Crippen LogP contribution in [0.3, 0.4) is 0 Å². The summed E-state index contributed by atoms with van der Waals surface area (Å²) < 4.78 is 0. The maximum atomic E-state index is 2.52. The quantitative estimate of drug-likeness (QED) is 0.118. The summed E-state index contributed by atoms with van der Waals surface area (Å²) in [5, 5.41) is 0. The summed E-state index contributed by atoms with van der Waals surface area (Å²) in [5.74, 6) is 0. The number of para-hydroxylation sites is 1. The van der Waals surface area contributed by atoms with Gasteiger partial charge in [0.15, 0.2) is 0 Å². The van der Waals surface area contributed by atoms with Crippen molar-refractivity contribution in [3.63, 3.8) is 0 Å². The molecule has 2 aliphatic carbocycles. The van der Waals surface area contributed by atoms with Crippen LogP contribution >= 0.6 is 0 Å². The molecule has 1 unspecified atom stereocenters. The van der Waals surface area contributed by atoms with Crippen molar-refractivity contribution in [2.24, 2.45) is 0 Å². The molecule has 62 heavy (non-hydrogen) atoms. The molecule has 8 aromatic rings. The highest BCUT2D eigenvalue weighted by Gasteiger charge is 2.41. The van der Waals surface area contributed by atoms with E-state index in [1.807, 2.05) is 0 Å². The number of hydrogen-bond donors (Lipinski definition) is 0. The molecule has 0 heterocycles. The Morgan fingerprint density at radius 3 is 1.68 bits per heavy atom. The second-order valence-corrected chi connectivity index (χ2v) is 16.6. The van der Waals surface area contributed by atoms with Crippen molar-refractivity contribution in [1.82, 2.24) is 0 Å². The lowest BCUT2D eigenvalue weighted by molar-refractivity contribution is 0.490. The van der Waals surface area contributed by atoms with Gasteiger partial charge in [0.25, 0.3) is 0 Å². The number of benzene rings is 8. The van der Waals surface area contributed by atoms with E-state index < -0.39 is 0 Å². The van der Waals surface area contributed by atoms with Gasteiger partial charge in [-0.1, -0.05) is 214 Å². The Labute approximate surface area is 367 Å². The van der Waals surface area contributed by atoms with Crippen molar-refractivity contribution in [3.8, 4) is 55.6 Å². The maximum Gasteiger partial charge on any atom is 0.0559 e. The van der Waals surface area contributed by atoms with Gasteiger partial charge in [-0.3, -0.25) is 0 Å². The monoisotopic (exact) mass is 797 g/mol. The first-order valence-corrected chi connectivity index (χ1v) is 22.2. The van der Waals surface area contributed by atoms with Crippen molar-refractivity contribution in [3.05, 3.63) is 241 Å². The van der Waals surface area contributed by atoms with E-state index in [9.17, 15) is 0 Å². The molecule has 0 N–H and O–H groups in total. The van der Waals surface area contributed by atoms with E-state index in [0.717, 1.165) is 19.3 Å². The first-order chi connectivity index (χ1) is 30.6. The van der Waals surface area contributed by atoms with Gasteiger partial charge >= 0.3 is 0 Å². The second kappa shape index (κ2) is 17.0. The molecule has 0 spiro atoms. The van der Waals surface area contributed by atoms with Crippen LogP contribution in [-0.2, 0) is 5.41 Å². The van der Waals surface area contributed by atoms with Gasteiger partial charge < -0.3 is 4.90 Å². The highest BCUT2D eigenvalue weighted by atomic mass is 15.2. The third-order valence-corrected chi connectivity index (χ3v) is 13.3. The minimum atomic E-state index is -0.0518. The number of rotatable bonds is 11. The van der Waals surface area contributed by atoms with E-state index in [0.29, 0.717) is 0 Å². The van der Waals surface area contributed by atoms with Crippen molar-refractivity contribution in [1.29, 1.82) is 0 Å². The average molecular weight is 798 g/mol. The van der Waals surface area contributed by atoms with Gasteiger partial charge in [-0.25, -0.2) is 0 Å². The minimum Gasteiger partial charge on any atom is -0.334 e. The largest absolute Gasteiger partial charge is 0.334 e. The third kappa shape index (κ3) is 7.24. The lowest BCUT2D eigenvalue weighted by atomic mass is 9.73. The van der Waals surface area contributed by atoms with E-state index in [4.69, 9.17) is 0 Å². The highest BCUT2D eigenvalue weighted by Crippen LogP contribution is 2.54. The Hall–Kier alpha value is -7.22. The Kier molecular flexibility index (Phi) is 10.7. The summed E-state index contributed by atoms with van der Waals surface area (Å²) in [4.78, 5) is 2.52. The molecular formula is C61H51N. The molecule has 10 rings (SSSR count). The maximum absolute atomic E-state index is 2.52. The number of fused-ring (bicyclic) bond motifs is 3. The van der Waals surface area contributed by atoms with Gasteiger partial charge in [0.1, 0.15) is 0 Å². The highest BCUT2D eigenvalue weighted by molar-refractivity contribution is 5.94. The summed E-state index contributed by atoms with van der Waals surface area (Å²) in [6.07, 6.45) is 16.6. The predicted octanol–water partition coefficient (Wildman–Crippen LogP) is 16.6. The lowest BCUT2D eigenvalue weighted by Gasteiger charge is -2.35. The van der Waals surface area contributed by atoms with E-state index in [2.05, 4.69) is 249 Å². The van der Waals surface area contributed by atoms with Crippen molar-refractivity contribution < 1.29 is 0 Å². The molecule has 0 saturated heterocycles. The number of nitrogens with zero attached hydrogens (tertiary/aromatic N) is 1. The fourth-order valence-corrected chi connectivity index (χ4v) is 10.0. The Bertz CT molecular complexity index is 2930. The third-order valence-electron chi connectivity index (χ3n) is 13.3. The molecule has 0 radical (unpaired) electrons. The van der Waals surface area contributed by atoms with E-state index in [1.165, 1.54) is 89.3 Å². The molecule has 8 aromatic carbocycles. The zero-order chi connectivity index (χ0) is 41.9. The number of allylic oxidation sites excluding steroid dienone is 2. The summed E-state index contributed by atoms with van der Waals surface area (Å²) in [5.41, 5.74) is 20.2. The zero-order valence-electron chi connectivity index (χ0n) is 35.6. The van der Waals surface area contributed by atoms with Crippen LogP contribution in [0, 0.1) is 0 Å². The SMILES string of the molecule is CCC1(CC)c2cc(/C=C/c3ccc(-c4ccc(-c5ccccc5)cc4-c4ccccc4-c4ccccc4)cc3)ccc2-c2ccc(N(c3ccccc3)C3C=CC=CC3)cc21. The normalized spacial score (nSPS) is 14.8. The van der Waals surface area contributed by atoms with Crippen LogP contribution in [0.25, 0.3) is 67.8 Å². The van der Waals surface area contributed by atoms with E-state index in [-0.39, 0.29) is 11.5 Å². The standard InChI is InChI=1S/C61H51N/c1-3-61(4-2)59-41-45(33-38-56(59)57-40-37-52(43-60(57)61)62(50-23-13-7-14-24-50)51-25-15-8-16-26-51)30-29-44-31-34-48(35-32-44)54-39-36-49(46-19-9-5-10-20-46)42-58(54)55-28-18-17-27-53(55)47-21-11-6-12-22-47/h5-25,27-43,51H,3-4,26H2,1-2H3/b30-29+. The van der Waals surface area contributed by atoms with Gasteiger partial charge in [-0.05, 0) is 127 Å². The summed E-state index contributed by atoms with van der Waals surface area (Å²) in [7, 11) is 0. The molecular weight excluding hydrogens is 747 g/mol. The van der Waals surface area contributed by atoms with E-state index >= 15 is 0 Å². The number of hydrogen-bond acceptors (Lipinski definition) is 1. The van der Waals surface area contributed by atoms with Crippen LogP contribution in [0.1, 0.15) is 55.4 Å². The molecule has 0 saturated carbocycles. The van der Waals surface area contributed by atoms with Crippen LogP contribution in [0.5, 0.6) is 0 Å². The molecule has 0 fully saturated rings. The van der Waals surface area contributed by atoms with Gasteiger partial charge in [0, 0.05) is 16.8 Å². The smallest absolute Gasteiger partial charge is 0.0559 e. The Morgan fingerprint density at radius 1 is 0.435 bits per heavy atom. The molecule has 300 valence electrons. The van der Waals surface area contributed by atoms with Crippen LogP contribution in [0.15, 0.2) is 218 Å². The molecule has 0 aliphatic heterocycles. The fourth-order valence-electron chi connectivity index (χ4n) is 10.0. The topological polar surface area (TPSA) is 3.24 Å². The first-order valence-electron chi connectivity index (χ1n) is 22.2. The molecule has 0 bridgehead atoms. The van der Waals surface area contributed by atoms with Gasteiger partial charge in [-0.2, -0.15) is 0 Å². The zero-order valence-corrected chi connectivity index (χ0v) is 35.6. The summed E-state index contributed by atoms with van der Waals surface area (Å²) >= 11 is 0. The van der Waals surface area contributed by atoms with Gasteiger partial charge in [0.05, 0.1) is 6.04 Å². The summed E-state index contributed by atoms with van der Waals surface area (Å²) in [6, 6.07) is 71.7. The number of anilines is 2. The Balaban J connectivity index is 0.964. The second-order valence-electron chi connectivity index (χ2n) is 16.6. The van der Waals surface area contributed by atoms with Crippen LogP contribution < -0.4 is 4.90 Å². The predicted molar refractivity (Wildman–Crippen MR) is 266 cm³/mol. The molecule has 2 aliphatic rings. The van der Waals surface area contributed by atoms with Gasteiger partial charge in [-0.15, -0.1) is 0 Å². The molecule has 1 atom stereocenters.